The van der Waals surface area contributed by atoms with E-state index in [4.69, 9.17) is 10.2 Å². The van der Waals surface area contributed by atoms with Gasteiger partial charge >= 0.3 is 6.18 Å². The summed E-state index contributed by atoms with van der Waals surface area (Å²) in [6.07, 6.45) is -2.77. The minimum atomic E-state index is -4.57. The lowest BCUT2D eigenvalue weighted by Gasteiger charge is -2.29. The first-order chi connectivity index (χ1) is 18.9. The van der Waals surface area contributed by atoms with Crippen molar-refractivity contribution in [3.63, 3.8) is 0 Å². The number of nitrogens with two attached hydrogens (primary N) is 1. The van der Waals surface area contributed by atoms with Crippen molar-refractivity contribution in [2.45, 2.75) is 37.8 Å². The normalized spacial score (nSPS) is 14.4. The number of nitrogens with zero attached hydrogens (tertiary/aromatic N) is 1. The topological polar surface area (TPSA) is 99.6 Å². The molecule has 0 aliphatic heterocycles. The van der Waals surface area contributed by atoms with Gasteiger partial charge in [0.2, 0.25) is 0 Å². The molecule has 4 aromatic rings. The van der Waals surface area contributed by atoms with Gasteiger partial charge in [-0.15, -0.1) is 0 Å². The molecule has 1 aromatic heterocycles. The van der Waals surface area contributed by atoms with E-state index in [0.29, 0.717) is 27.8 Å². The van der Waals surface area contributed by atoms with E-state index in [1.54, 1.807) is 18.2 Å². The molecule has 1 unspecified atom stereocenters. The number of anilines is 1. The van der Waals surface area contributed by atoms with Crippen molar-refractivity contribution in [3.8, 4) is 0 Å². The fourth-order valence-corrected chi connectivity index (χ4v) is 5.80. The standard InChI is InChI=1S/C28H23BrF4N2O4S/c29-22-8-3-16(11-21(22)28(31,32)33)9-10-35(40(37)38)23-14-24-20(13-19(23)17-4-5-17)26(27(34)36)25(39-24)12-15-1-6-18(30)7-2-15/h1-3,6-8,11,13-14,17H,4-5,9-10,12H2,(H2,34,36)(H,37,38)/p-1. The van der Waals surface area contributed by atoms with Crippen LogP contribution < -0.4 is 10.0 Å². The highest BCUT2D eigenvalue weighted by Gasteiger charge is 2.34. The highest BCUT2D eigenvalue weighted by atomic mass is 79.9. The SMILES string of the molecule is NC(=O)c1c(Cc2ccc(F)cc2)oc2cc(N(CCc3ccc(Br)c(C(F)(F)F)c3)S(=O)[O-])c(C3CC3)cc12. The molecule has 1 amide bonds. The molecule has 1 heterocycles. The Morgan fingerprint density at radius 1 is 1.10 bits per heavy atom. The molecule has 1 aliphatic rings. The number of halogens is 5. The van der Waals surface area contributed by atoms with Gasteiger partial charge in [0.1, 0.15) is 17.2 Å². The molecule has 0 saturated heterocycles. The molecule has 2 N–H and O–H groups in total. The van der Waals surface area contributed by atoms with Gasteiger partial charge in [0.15, 0.2) is 0 Å². The fraction of sp³-hybridized carbons (Fsp3) is 0.250. The first-order valence-electron chi connectivity index (χ1n) is 12.3. The van der Waals surface area contributed by atoms with Crippen LogP contribution in [-0.2, 0) is 30.3 Å². The Morgan fingerprint density at radius 3 is 2.38 bits per heavy atom. The number of hydrogen-bond acceptors (Lipinski definition) is 4. The van der Waals surface area contributed by atoms with E-state index in [1.165, 1.54) is 30.3 Å². The zero-order valence-corrected chi connectivity index (χ0v) is 23.2. The second-order valence-corrected chi connectivity index (χ2v) is 11.4. The number of carbonyl (C=O) groups is 1. The number of benzene rings is 3. The maximum absolute atomic E-state index is 13.4. The van der Waals surface area contributed by atoms with E-state index in [1.807, 2.05) is 0 Å². The van der Waals surface area contributed by atoms with Gasteiger partial charge in [0.25, 0.3) is 5.91 Å². The summed E-state index contributed by atoms with van der Waals surface area (Å²) < 4.78 is 85.2. The average Bonchev–Trinajstić information content (AvgIpc) is 3.66. The summed E-state index contributed by atoms with van der Waals surface area (Å²) >= 11 is 0.160. The summed E-state index contributed by atoms with van der Waals surface area (Å²) in [5, 5.41) is 0.439. The van der Waals surface area contributed by atoms with Gasteiger partial charge in [-0.2, -0.15) is 13.2 Å². The Morgan fingerprint density at radius 2 is 1.77 bits per heavy atom. The Hall–Kier alpha value is -3.22. The van der Waals surface area contributed by atoms with Gasteiger partial charge < -0.3 is 19.0 Å². The number of amides is 1. The largest absolute Gasteiger partial charge is 0.755 e. The minimum Gasteiger partial charge on any atom is -0.755 e. The van der Waals surface area contributed by atoms with Crippen LogP contribution in [0.15, 0.2) is 63.5 Å². The predicted octanol–water partition coefficient (Wildman–Crippen LogP) is 6.76. The van der Waals surface area contributed by atoms with Gasteiger partial charge in [0, 0.05) is 40.2 Å². The van der Waals surface area contributed by atoms with Gasteiger partial charge in [-0.05, 0) is 72.2 Å². The first kappa shape index (κ1) is 28.3. The van der Waals surface area contributed by atoms with Gasteiger partial charge in [-0.1, -0.05) is 34.1 Å². The van der Waals surface area contributed by atoms with Crippen molar-refractivity contribution in [2.75, 3.05) is 10.8 Å². The summed E-state index contributed by atoms with van der Waals surface area (Å²) in [4.78, 5) is 12.5. The number of rotatable bonds is 9. The third-order valence-corrected chi connectivity index (χ3v) is 8.27. The molecule has 40 heavy (non-hydrogen) atoms. The summed E-state index contributed by atoms with van der Waals surface area (Å²) in [6.45, 7) is -0.119. The lowest BCUT2D eigenvalue weighted by molar-refractivity contribution is -0.138. The molecule has 12 heteroatoms. The van der Waals surface area contributed by atoms with Crippen LogP contribution >= 0.6 is 15.9 Å². The number of fused-ring (bicyclic) bond motifs is 1. The van der Waals surface area contributed by atoms with Crippen molar-refractivity contribution in [1.29, 1.82) is 0 Å². The molecule has 1 aliphatic carbocycles. The second-order valence-electron chi connectivity index (χ2n) is 9.63. The zero-order valence-electron chi connectivity index (χ0n) is 20.8. The minimum absolute atomic E-state index is 0.0208. The number of alkyl halides is 3. The van der Waals surface area contributed by atoms with Crippen LogP contribution in [0.5, 0.6) is 0 Å². The number of primary amides is 1. The van der Waals surface area contributed by atoms with Gasteiger partial charge in [-0.25, -0.2) is 4.39 Å². The quantitative estimate of drug-likeness (QED) is 0.162. The van der Waals surface area contributed by atoms with Crippen molar-refractivity contribution in [3.05, 3.63) is 98.5 Å². The fourth-order valence-electron chi connectivity index (χ4n) is 4.77. The van der Waals surface area contributed by atoms with E-state index in [9.17, 15) is 31.1 Å². The van der Waals surface area contributed by atoms with Crippen molar-refractivity contribution in [2.24, 2.45) is 5.73 Å². The molecule has 0 spiro atoms. The molecule has 3 aromatic carbocycles. The smallest absolute Gasteiger partial charge is 0.417 e. The van der Waals surface area contributed by atoms with Crippen LogP contribution in [0, 0.1) is 5.82 Å². The van der Waals surface area contributed by atoms with Crippen LogP contribution in [0.2, 0.25) is 0 Å². The molecule has 6 nitrogen and oxygen atoms in total. The third-order valence-electron chi connectivity index (χ3n) is 6.84. The highest BCUT2D eigenvalue weighted by molar-refractivity contribution is 9.10. The molecule has 1 fully saturated rings. The van der Waals surface area contributed by atoms with Crippen LogP contribution in [0.1, 0.15) is 57.1 Å². The van der Waals surface area contributed by atoms with Crippen LogP contribution in [-0.4, -0.2) is 21.2 Å². The Labute approximate surface area is 237 Å². The highest BCUT2D eigenvalue weighted by Crippen LogP contribution is 2.47. The second kappa shape index (κ2) is 11.0. The summed E-state index contributed by atoms with van der Waals surface area (Å²) in [5.41, 5.74) is 7.27. The lowest BCUT2D eigenvalue weighted by atomic mass is 10.0. The number of carbonyl (C=O) groups excluding carboxylic acids is 1. The van der Waals surface area contributed by atoms with Crippen molar-refractivity contribution < 1.29 is 35.5 Å². The molecule has 5 rings (SSSR count). The molecule has 1 saturated carbocycles. The van der Waals surface area contributed by atoms with Crippen molar-refractivity contribution in [1.82, 2.24) is 0 Å². The van der Waals surface area contributed by atoms with Crippen molar-refractivity contribution >= 4 is 49.8 Å². The van der Waals surface area contributed by atoms with Crippen LogP contribution in [0.3, 0.4) is 0 Å². The van der Waals surface area contributed by atoms with E-state index >= 15 is 0 Å². The predicted molar refractivity (Wildman–Crippen MR) is 145 cm³/mol. The third kappa shape index (κ3) is 5.93. The van der Waals surface area contributed by atoms with E-state index < -0.39 is 34.7 Å². The number of hydrogen-bond donors (Lipinski definition) is 1. The van der Waals surface area contributed by atoms with Gasteiger partial charge in [-0.3, -0.25) is 9.00 Å². The Kier molecular flexibility index (Phi) is 7.77. The molecule has 0 radical (unpaired) electrons. The molecular weight excluding hydrogens is 616 g/mol. The van der Waals surface area contributed by atoms with Crippen LogP contribution in [0.4, 0.5) is 23.2 Å². The number of furan rings is 1. The van der Waals surface area contributed by atoms with Crippen LogP contribution in [0.25, 0.3) is 11.0 Å². The molecule has 1 atom stereocenters. The van der Waals surface area contributed by atoms with E-state index in [0.717, 1.165) is 23.2 Å². The molecule has 210 valence electrons. The molecular formula is C28H22BrF4N2O4S-. The van der Waals surface area contributed by atoms with E-state index in [2.05, 4.69) is 15.9 Å². The maximum atomic E-state index is 13.4. The lowest BCUT2D eigenvalue weighted by Crippen LogP contribution is -2.29. The Bertz CT molecular complexity index is 1620. The molecule has 0 bridgehead atoms. The van der Waals surface area contributed by atoms with E-state index in [-0.39, 0.29) is 46.7 Å². The average molecular weight is 638 g/mol. The summed E-state index contributed by atoms with van der Waals surface area (Å²) in [5.74, 6) is -0.820. The summed E-state index contributed by atoms with van der Waals surface area (Å²) in [7, 11) is 0. The first-order valence-corrected chi connectivity index (χ1v) is 14.1. The van der Waals surface area contributed by atoms with Gasteiger partial charge in [0.05, 0.1) is 16.8 Å². The monoisotopic (exact) mass is 637 g/mol. The summed E-state index contributed by atoms with van der Waals surface area (Å²) in [6, 6.07) is 12.7. The zero-order chi connectivity index (χ0) is 28.8. The Balaban J connectivity index is 1.53. The maximum Gasteiger partial charge on any atom is 0.417 e.